The molecule has 1 atom stereocenters. The molecule has 15 heteroatoms. The van der Waals surface area contributed by atoms with E-state index in [9.17, 15) is 39.6 Å². The fourth-order valence-electron chi connectivity index (χ4n) is 5.96. The average molecular weight is 636 g/mol. The van der Waals surface area contributed by atoms with Crippen molar-refractivity contribution in [3.63, 3.8) is 0 Å². The second-order valence-corrected chi connectivity index (χ2v) is 14.4. The van der Waals surface area contributed by atoms with E-state index < -0.39 is 70.0 Å². The summed E-state index contributed by atoms with van der Waals surface area (Å²) in [4.78, 5) is 17.1. The minimum atomic E-state index is -5.75. The zero-order valence-corrected chi connectivity index (χ0v) is 24.1. The molecule has 0 amide bonds. The van der Waals surface area contributed by atoms with Gasteiger partial charge in [-0.25, -0.2) is 8.42 Å². The molecule has 0 aromatic heterocycles. The number of aliphatic imine (C=N–C) groups is 1. The van der Waals surface area contributed by atoms with Gasteiger partial charge in [0, 0.05) is 30.3 Å². The number of alkyl halides is 6. The molecule has 4 aliphatic rings. The molecular formula is C25H29Cl2F6N3O3S. The maximum Gasteiger partial charge on any atom is 0.453 e. The van der Waals surface area contributed by atoms with Gasteiger partial charge in [-0.1, -0.05) is 29.3 Å². The summed E-state index contributed by atoms with van der Waals surface area (Å²) in [6.45, 7) is 2.40. The predicted octanol–water partition coefficient (Wildman–Crippen LogP) is 6.10. The van der Waals surface area contributed by atoms with Crippen molar-refractivity contribution < 1.29 is 39.6 Å². The summed E-state index contributed by atoms with van der Waals surface area (Å²) >= 11 is 12.1. The van der Waals surface area contributed by atoms with Crippen molar-refractivity contribution in [2.45, 2.75) is 88.1 Å². The number of halogens is 8. The van der Waals surface area contributed by atoms with E-state index in [1.54, 1.807) is 32.0 Å². The van der Waals surface area contributed by atoms with E-state index in [1.807, 2.05) is 0 Å². The fourth-order valence-corrected chi connectivity index (χ4v) is 8.11. The van der Waals surface area contributed by atoms with Crippen LogP contribution in [0.25, 0.3) is 0 Å². The Morgan fingerprint density at radius 3 is 2.30 bits per heavy atom. The molecule has 3 fully saturated rings. The van der Waals surface area contributed by atoms with Crippen LogP contribution in [0.5, 0.6) is 0 Å². The molecule has 1 N–H and O–H groups in total. The smallest absolute Gasteiger partial charge is 0.366 e. The summed E-state index contributed by atoms with van der Waals surface area (Å²) in [5, 5.41) is 3.69. The first-order valence-corrected chi connectivity index (χ1v) is 15.0. The summed E-state index contributed by atoms with van der Waals surface area (Å²) < 4.78 is 105. The van der Waals surface area contributed by atoms with Crippen molar-refractivity contribution in [2.75, 3.05) is 12.4 Å². The van der Waals surface area contributed by atoms with Gasteiger partial charge in [0.15, 0.2) is 5.78 Å². The van der Waals surface area contributed by atoms with Crippen LogP contribution in [0, 0.1) is 5.41 Å². The molecule has 224 valence electrons. The highest BCUT2D eigenvalue weighted by Crippen LogP contribution is 2.71. The minimum Gasteiger partial charge on any atom is -0.366 e. The van der Waals surface area contributed by atoms with E-state index in [2.05, 4.69) is 10.3 Å². The van der Waals surface area contributed by atoms with Crippen molar-refractivity contribution in [3.8, 4) is 0 Å². The highest BCUT2D eigenvalue weighted by molar-refractivity contribution is 7.89. The van der Waals surface area contributed by atoms with Crippen LogP contribution in [0.15, 0.2) is 23.2 Å². The van der Waals surface area contributed by atoms with E-state index in [0.717, 1.165) is 0 Å². The van der Waals surface area contributed by atoms with Crippen LogP contribution in [0.2, 0.25) is 10.0 Å². The number of Topliss-reactive ketones (excluding diaryl/α,β-unsaturated/α-hetero) is 1. The largest absolute Gasteiger partial charge is 0.453 e. The molecule has 40 heavy (non-hydrogen) atoms. The van der Waals surface area contributed by atoms with Gasteiger partial charge < -0.3 is 5.32 Å². The molecule has 2 bridgehead atoms. The molecule has 0 radical (unpaired) electrons. The van der Waals surface area contributed by atoms with Gasteiger partial charge in [-0.15, -0.1) is 0 Å². The van der Waals surface area contributed by atoms with Gasteiger partial charge in [0.1, 0.15) is 11.9 Å². The molecule has 0 unspecified atom stereocenters. The van der Waals surface area contributed by atoms with Gasteiger partial charge in [0.2, 0.25) is 10.0 Å². The number of nitrogens with zero attached hydrogens (tertiary/aromatic N) is 2. The number of carbonyl (C=O) groups is 1. The van der Waals surface area contributed by atoms with Gasteiger partial charge in [0.05, 0.1) is 28.0 Å². The number of ketones is 1. The summed E-state index contributed by atoms with van der Waals surface area (Å²) in [6.07, 6.45) is -7.52. The monoisotopic (exact) mass is 635 g/mol. The quantitative estimate of drug-likeness (QED) is 0.281. The fraction of sp³-hybridized carbons (Fsp3) is 0.680. The Morgan fingerprint density at radius 2 is 1.75 bits per heavy atom. The Bertz CT molecular complexity index is 1300. The van der Waals surface area contributed by atoms with E-state index in [0.29, 0.717) is 35.7 Å². The molecule has 1 aliphatic heterocycles. The zero-order valence-electron chi connectivity index (χ0n) is 21.7. The molecular weight excluding hydrogens is 607 g/mol. The van der Waals surface area contributed by atoms with Gasteiger partial charge in [0.25, 0.3) is 0 Å². The van der Waals surface area contributed by atoms with Crippen LogP contribution >= 0.6 is 23.2 Å². The topological polar surface area (TPSA) is 78.8 Å². The Labute approximate surface area is 238 Å². The molecule has 1 heterocycles. The molecule has 1 aromatic carbocycles. The normalized spacial score (nSPS) is 27.6. The second-order valence-electron chi connectivity index (χ2n) is 11.5. The van der Waals surface area contributed by atoms with Gasteiger partial charge >= 0.3 is 12.1 Å². The number of hydrogen-bond acceptors (Lipinski definition) is 5. The summed E-state index contributed by atoms with van der Waals surface area (Å²) in [5.41, 5.74) is -1.80. The number of benzene rings is 1. The third-order valence-electron chi connectivity index (χ3n) is 8.00. The summed E-state index contributed by atoms with van der Waals surface area (Å²) in [5.74, 6) is -5.80. The number of carbonyl (C=O) groups excluding carboxylic acids is 1. The van der Waals surface area contributed by atoms with E-state index >= 15 is 0 Å². The van der Waals surface area contributed by atoms with Crippen molar-refractivity contribution >= 4 is 44.8 Å². The van der Waals surface area contributed by atoms with Crippen molar-refractivity contribution in [1.82, 2.24) is 9.62 Å². The molecule has 0 saturated heterocycles. The third-order valence-corrected chi connectivity index (χ3v) is 10.7. The van der Waals surface area contributed by atoms with Crippen LogP contribution in [-0.2, 0) is 21.4 Å². The zero-order chi connectivity index (χ0) is 29.9. The Kier molecular flexibility index (Phi) is 8.08. The Balaban J connectivity index is 1.51. The number of rotatable bonds is 12. The van der Waals surface area contributed by atoms with E-state index in [1.165, 1.54) is 4.31 Å². The van der Waals surface area contributed by atoms with Gasteiger partial charge in [-0.05, 0) is 57.2 Å². The van der Waals surface area contributed by atoms with Crippen molar-refractivity contribution in [2.24, 2.45) is 10.4 Å². The molecule has 3 aliphatic carbocycles. The van der Waals surface area contributed by atoms with Crippen molar-refractivity contribution in [3.05, 3.63) is 33.8 Å². The van der Waals surface area contributed by atoms with Crippen molar-refractivity contribution in [1.29, 1.82) is 0 Å². The molecule has 5 rings (SSSR count). The minimum absolute atomic E-state index is 0.0124. The summed E-state index contributed by atoms with van der Waals surface area (Å²) in [7, 11) is -3.88. The molecule has 3 saturated carbocycles. The highest BCUT2D eigenvalue weighted by atomic mass is 35.5. The molecule has 1 aromatic rings. The SMILES string of the molecule is CC1(C)NC(C23CC(N(Cc4ccc(Cl)c(Cl)c4)S(=O)(=O)CCCF)(C2)C3)=N[C@H]1C(=O)CCC(F)(F)C(F)(F)F. The third kappa shape index (κ3) is 5.59. The van der Waals surface area contributed by atoms with Gasteiger partial charge in [-0.3, -0.25) is 14.2 Å². The number of hydrogen-bond donors (Lipinski definition) is 1. The standard InChI is InChI=1S/C25H29Cl2F6N3O3S/c1-21(2)19(18(37)6-7-24(29,30)25(31,32)33)34-20(35-21)22-12-23(13-22,14-22)36(40(38,39)9-3-8-28)11-15-4-5-16(26)17(27)10-15/h4-5,10,19H,3,6-9,11-14H2,1-2H3,(H,34,35)/t19-,22?,23?/m0/s1. The van der Waals surface area contributed by atoms with Crippen LogP contribution < -0.4 is 5.32 Å². The maximum absolute atomic E-state index is 13.4. The van der Waals surface area contributed by atoms with Gasteiger partial charge in [-0.2, -0.15) is 26.3 Å². The summed E-state index contributed by atoms with van der Waals surface area (Å²) in [6, 6.07) is 3.59. The Morgan fingerprint density at radius 1 is 1.12 bits per heavy atom. The number of nitrogens with one attached hydrogen (secondary N) is 1. The first kappa shape index (κ1) is 31.4. The van der Waals surface area contributed by atoms with E-state index in [4.69, 9.17) is 23.2 Å². The lowest BCUT2D eigenvalue weighted by Gasteiger charge is -2.73. The first-order chi connectivity index (χ1) is 18.3. The van der Waals surface area contributed by atoms with Crippen LogP contribution in [0.3, 0.4) is 0 Å². The molecule has 0 spiro atoms. The van der Waals surface area contributed by atoms with Crippen LogP contribution in [-0.4, -0.2) is 66.0 Å². The number of amidine groups is 1. The highest BCUT2D eigenvalue weighted by Gasteiger charge is 2.75. The second kappa shape index (κ2) is 10.3. The maximum atomic E-state index is 13.4. The average Bonchev–Trinajstić information content (AvgIpc) is 3.10. The predicted molar refractivity (Wildman–Crippen MR) is 139 cm³/mol. The molecule has 6 nitrogen and oxygen atoms in total. The van der Waals surface area contributed by atoms with E-state index in [-0.39, 0.29) is 23.7 Å². The van der Waals surface area contributed by atoms with Crippen LogP contribution in [0.1, 0.15) is 57.9 Å². The first-order valence-electron chi connectivity index (χ1n) is 12.6. The van der Waals surface area contributed by atoms with Crippen LogP contribution in [0.4, 0.5) is 26.3 Å². The lowest BCUT2D eigenvalue weighted by atomic mass is 9.38. The Hall–Kier alpha value is -1.57. The number of sulfonamides is 1. The lowest BCUT2D eigenvalue weighted by Crippen LogP contribution is -2.78. The lowest BCUT2D eigenvalue weighted by molar-refractivity contribution is -0.284.